The number of carbonyl (C=O) groups is 1. The van der Waals surface area contributed by atoms with Gasteiger partial charge in [-0.1, -0.05) is 6.07 Å². The number of aryl methyl sites for hydroxylation is 1. The first kappa shape index (κ1) is 19.7. The summed E-state index contributed by atoms with van der Waals surface area (Å²) in [5.74, 6) is -0.207. The van der Waals surface area contributed by atoms with Crippen molar-refractivity contribution in [3.05, 3.63) is 35.7 Å². The average molecular weight is 358 g/mol. The Morgan fingerprint density at radius 3 is 2.65 bits per heavy atom. The molecule has 7 heteroatoms. The highest BCUT2D eigenvalue weighted by Gasteiger charge is 2.16. The van der Waals surface area contributed by atoms with Gasteiger partial charge in [0.2, 0.25) is 5.95 Å². The molecule has 0 aliphatic heterocycles. The van der Waals surface area contributed by atoms with Crippen LogP contribution in [-0.2, 0) is 17.8 Å². The molecule has 0 saturated heterocycles. The molecule has 7 nitrogen and oxygen atoms in total. The molecule has 0 unspecified atom stereocenters. The molecule has 140 valence electrons. The number of carboxylic acids is 1. The monoisotopic (exact) mass is 358 g/mol. The highest BCUT2D eigenvalue weighted by Crippen LogP contribution is 2.33. The molecule has 1 heterocycles. The van der Waals surface area contributed by atoms with Gasteiger partial charge in [0.05, 0.1) is 5.69 Å². The number of phenolic OH excluding ortho intramolecular Hbond substituents is 1. The van der Waals surface area contributed by atoms with Gasteiger partial charge in [-0.25, -0.2) is 9.97 Å². The molecule has 0 spiro atoms. The molecule has 1 aromatic carbocycles. The molecule has 0 atom stereocenters. The van der Waals surface area contributed by atoms with E-state index in [1.165, 1.54) is 0 Å². The number of rotatable bonds is 8. The van der Waals surface area contributed by atoms with Crippen molar-refractivity contribution in [2.24, 2.45) is 0 Å². The van der Waals surface area contributed by atoms with E-state index in [0.29, 0.717) is 30.5 Å². The third kappa shape index (κ3) is 4.92. The summed E-state index contributed by atoms with van der Waals surface area (Å²) < 4.78 is 0. The van der Waals surface area contributed by atoms with Crippen LogP contribution in [0.15, 0.2) is 24.4 Å². The van der Waals surface area contributed by atoms with Crippen molar-refractivity contribution in [3.63, 3.8) is 0 Å². The number of aromatic hydroxyl groups is 1. The number of hydrogen-bond donors (Lipinski definition) is 3. The number of hydrogen-bond acceptors (Lipinski definition) is 6. The highest BCUT2D eigenvalue weighted by molar-refractivity contribution is 5.73. The average Bonchev–Trinajstić information content (AvgIpc) is 2.61. The Labute approximate surface area is 153 Å². The zero-order chi connectivity index (χ0) is 19.3. The van der Waals surface area contributed by atoms with E-state index in [1.807, 2.05) is 13.1 Å². The molecule has 2 rings (SSSR count). The van der Waals surface area contributed by atoms with Crippen LogP contribution in [0.3, 0.4) is 0 Å². The minimum Gasteiger partial charge on any atom is -0.507 e. The van der Waals surface area contributed by atoms with Gasteiger partial charge in [0.1, 0.15) is 5.75 Å². The van der Waals surface area contributed by atoms with Crippen LogP contribution in [0.1, 0.15) is 31.5 Å². The van der Waals surface area contributed by atoms with Crippen molar-refractivity contribution in [1.82, 2.24) is 14.9 Å². The first-order valence-corrected chi connectivity index (χ1v) is 8.59. The van der Waals surface area contributed by atoms with E-state index >= 15 is 0 Å². The van der Waals surface area contributed by atoms with Crippen molar-refractivity contribution >= 4 is 11.9 Å². The maximum atomic E-state index is 10.8. The molecule has 0 amide bonds. The van der Waals surface area contributed by atoms with Gasteiger partial charge in [-0.2, -0.15) is 0 Å². The Morgan fingerprint density at radius 1 is 1.31 bits per heavy atom. The first-order chi connectivity index (χ1) is 12.3. The molecule has 26 heavy (non-hydrogen) atoms. The number of carboxylic acid groups (broad SMARTS) is 1. The standard InChI is InChI=1S/C19H26N4O3/c1-12(2)23(4)11-16-15(10-21-19(20-3)22-16)14-9-13(5-7-17(14)24)6-8-18(25)26/h5,7,9-10,12,24H,6,8,11H2,1-4H3,(H,25,26)(H,20,21,22). The molecule has 0 aliphatic rings. The summed E-state index contributed by atoms with van der Waals surface area (Å²) >= 11 is 0. The van der Waals surface area contributed by atoms with Crippen molar-refractivity contribution < 1.29 is 15.0 Å². The lowest BCUT2D eigenvalue weighted by molar-refractivity contribution is -0.136. The molecule has 0 bridgehead atoms. The van der Waals surface area contributed by atoms with E-state index in [-0.39, 0.29) is 12.2 Å². The van der Waals surface area contributed by atoms with Crippen molar-refractivity contribution in [3.8, 4) is 16.9 Å². The normalized spacial score (nSPS) is 11.2. The molecule has 0 fully saturated rings. The number of phenols is 1. The van der Waals surface area contributed by atoms with Crippen LogP contribution in [0.25, 0.3) is 11.1 Å². The fourth-order valence-electron chi connectivity index (χ4n) is 2.51. The predicted octanol–water partition coefficient (Wildman–Crippen LogP) is 2.75. The number of benzene rings is 1. The summed E-state index contributed by atoms with van der Waals surface area (Å²) in [5.41, 5.74) is 3.00. The summed E-state index contributed by atoms with van der Waals surface area (Å²) in [7, 11) is 3.77. The fourth-order valence-corrected chi connectivity index (χ4v) is 2.51. The van der Waals surface area contributed by atoms with Crippen molar-refractivity contribution in [2.45, 2.75) is 39.3 Å². The number of aliphatic carboxylic acids is 1. The smallest absolute Gasteiger partial charge is 0.303 e. The second kappa shape index (κ2) is 8.62. The van der Waals surface area contributed by atoms with Crippen LogP contribution in [-0.4, -0.2) is 51.2 Å². The van der Waals surface area contributed by atoms with Gasteiger partial charge in [0.25, 0.3) is 0 Å². The Hall–Kier alpha value is -2.67. The number of anilines is 1. The fraction of sp³-hybridized carbons (Fsp3) is 0.421. The van der Waals surface area contributed by atoms with E-state index in [1.54, 1.807) is 25.4 Å². The van der Waals surface area contributed by atoms with Gasteiger partial charge in [-0.05, 0) is 45.0 Å². The number of aromatic nitrogens is 2. The molecule has 1 aromatic heterocycles. The number of nitrogens with one attached hydrogen (secondary N) is 1. The summed E-state index contributed by atoms with van der Waals surface area (Å²) in [6, 6.07) is 5.49. The third-order valence-electron chi connectivity index (χ3n) is 4.35. The van der Waals surface area contributed by atoms with Gasteiger partial charge in [0.15, 0.2) is 0 Å². The van der Waals surface area contributed by atoms with Crippen LogP contribution in [0.2, 0.25) is 0 Å². The maximum Gasteiger partial charge on any atom is 0.303 e. The van der Waals surface area contributed by atoms with E-state index in [0.717, 1.165) is 16.8 Å². The van der Waals surface area contributed by atoms with E-state index in [2.05, 4.69) is 34.0 Å². The Kier molecular flexibility index (Phi) is 6.52. The number of nitrogens with zero attached hydrogens (tertiary/aromatic N) is 3. The summed E-state index contributed by atoms with van der Waals surface area (Å²) in [6.45, 7) is 4.80. The molecular weight excluding hydrogens is 332 g/mol. The minimum atomic E-state index is -0.847. The topological polar surface area (TPSA) is 98.6 Å². The van der Waals surface area contributed by atoms with E-state index in [4.69, 9.17) is 5.11 Å². The van der Waals surface area contributed by atoms with Crippen molar-refractivity contribution in [1.29, 1.82) is 0 Å². The summed E-state index contributed by atoms with van der Waals surface area (Å²) in [5, 5.41) is 22.2. The second-order valence-electron chi connectivity index (χ2n) is 6.56. The van der Waals surface area contributed by atoms with Crippen LogP contribution >= 0.6 is 0 Å². The SMILES string of the molecule is CNc1ncc(-c2cc(CCC(=O)O)ccc2O)c(CN(C)C(C)C)n1. The minimum absolute atomic E-state index is 0.0440. The van der Waals surface area contributed by atoms with E-state index < -0.39 is 5.97 Å². The van der Waals surface area contributed by atoms with Crippen LogP contribution in [0, 0.1) is 0 Å². The van der Waals surface area contributed by atoms with Gasteiger partial charge < -0.3 is 15.5 Å². The Morgan fingerprint density at radius 2 is 2.04 bits per heavy atom. The van der Waals surface area contributed by atoms with Gasteiger partial charge in [-0.15, -0.1) is 0 Å². The predicted molar refractivity (Wildman–Crippen MR) is 101 cm³/mol. The summed E-state index contributed by atoms with van der Waals surface area (Å²) in [6.07, 6.45) is 2.14. The molecule has 3 N–H and O–H groups in total. The Bertz CT molecular complexity index is 777. The lowest BCUT2D eigenvalue weighted by atomic mass is 9.99. The maximum absolute atomic E-state index is 10.8. The zero-order valence-corrected chi connectivity index (χ0v) is 15.7. The molecular formula is C19H26N4O3. The Balaban J connectivity index is 2.45. The third-order valence-corrected chi connectivity index (χ3v) is 4.35. The molecule has 2 aromatic rings. The lowest BCUT2D eigenvalue weighted by Crippen LogP contribution is -2.26. The quantitative estimate of drug-likeness (QED) is 0.667. The van der Waals surface area contributed by atoms with Gasteiger partial charge in [0, 0.05) is 43.4 Å². The molecule has 0 aliphatic carbocycles. The summed E-state index contributed by atoms with van der Waals surface area (Å²) in [4.78, 5) is 21.8. The van der Waals surface area contributed by atoms with Crippen molar-refractivity contribution in [2.75, 3.05) is 19.4 Å². The lowest BCUT2D eigenvalue weighted by Gasteiger charge is -2.22. The van der Waals surface area contributed by atoms with Gasteiger partial charge in [-0.3, -0.25) is 9.69 Å². The second-order valence-corrected chi connectivity index (χ2v) is 6.56. The van der Waals surface area contributed by atoms with Crippen LogP contribution in [0.5, 0.6) is 5.75 Å². The molecule has 0 saturated carbocycles. The first-order valence-electron chi connectivity index (χ1n) is 8.59. The zero-order valence-electron chi connectivity index (χ0n) is 15.7. The van der Waals surface area contributed by atoms with Gasteiger partial charge >= 0.3 is 5.97 Å². The molecule has 0 radical (unpaired) electrons. The highest BCUT2D eigenvalue weighted by atomic mass is 16.4. The van der Waals surface area contributed by atoms with Crippen LogP contribution in [0.4, 0.5) is 5.95 Å². The van der Waals surface area contributed by atoms with Crippen LogP contribution < -0.4 is 5.32 Å². The van der Waals surface area contributed by atoms with E-state index in [9.17, 15) is 9.90 Å². The largest absolute Gasteiger partial charge is 0.507 e.